The standard InChI is InChI=1S/C17H20FN5OS/c1-9-14(10(2)23-22-9)15(24)20-11-4-5-13(18)12(8-11)17(3)6-7-25-16(19)21-17/h4-5,8H,6-7H2,1-3H3,(H2,19,21)(H,20,24)(H,22,23). The van der Waals surface area contributed by atoms with Gasteiger partial charge in [0.1, 0.15) is 5.82 Å². The van der Waals surface area contributed by atoms with Gasteiger partial charge in [-0.15, -0.1) is 0 Å². The molecule has 1 aromatic carbocycles. The number of carbonyl (C=O) groups excluding carboxylic acids is 1. The summed E-state index contributed by atoms with van der Waals surface area (Å²) >= 11 is 1.46. The number of aromatic amines is 1. The number of nitrogens with one attached hydrogen (secondary N) is 2. The lowest BCUT2D eigenvalue weighted by Crippen LogP contribution is -2.29. The van der Waals surface area contributed by atoms with Gasteiger partial charge in [-0.1, -0.05) is 11.8 Å². The van der Waals surface area contributed by atoms with Crippen molar-refractivity contribution in [1.82, 2.24) is 10.2 Å². The van der Waals surface area contributed by atoms with Gasteiger partial charge in [0, 0.05) is 22.7 Å². The van der Waals surface area contributed by atoms with Crippen LogP contribution in [0.5, 0.6) is 0 Å². The molecule has 2 heterocycles. The van der Waals surface area contributed by atoms with Crippen LogP contribution in [-0.4, -0.2) is 27.0 Å². The maximum absolute atomic E-state index is 14.4. The fraction of sp³-hybridized carbons (Fsp3) is 0.353. The van der Waals surface area contributed by atoms with E-state index in [9.17, 15) is 9.18 Å². The molecule has 1 aromatic heterocycles. The molecule has 3 rings (SSSR count). The van der Waals surface area contributed by atoms with Crippen LogP contribution >= 0.6 is 11.8 Å². The van der Waals surface area contributed by atoms with Gasteiger partial charge in [0.05, 0.1) is 16.8 Å². The number of aliphatic imine (C=N–C) groups is 1. The summed E-state index contributed by atoms with van der Waals surface area (Å²) in [6.45, 7) is 5.39. The average molecular weight is 361 g/mol. The highest BCUT2D eigenvalue weighted by atomic mass is 32.2. The van der Waals surface area contributed by atoms with Crippen LogP contribution in [0, 0.1) is 19.7 Å². The molecule has 132 valence electrons. The second-order valence-corrected chi connectivity index (χ2v) is 7.40. The number of hydrogen-bond donors (Lipinski definition) is 3. The zero-order valence-corrected chi connectivity index (χ0v) is 15.1. The third-order valence-electron chi connectivity index (χ3n) is 4.36. The van der Waals surface area contributed by atoms with Gasteiger partial charge >= 0.3 is 0 Å². The Bertz CT molecular complexity index is 843. The van der Waals surface area contributed by atoms with Crippen LogP contribution in [0.2, 0.25) is 0 Å². The van der Waals surface area contributed by atoms with E-state index in [0.717, 1.165) is 5.75 Å². The quantitative estimate of drug-likeness (QED) is 0.783. The minimum atomic E-state index is -0.734. The van der Waals surface area contributed by atoms with Crippen molar-refractivity contribution in [2.45, 2.75) is 32.7 Å². The lowest BCUT2D eigenvalue weighted by Gasteiger charge is -2.30. The first kappa shape index (κ1) is 17.5. The number of H-pyrrole nitrogens is 1. The number of amides is 1. The van der Waals surface area contributed by atoms with Gasteiger partial charge in [-0.05, 0) is 45.4 Å². The molecule has 2 aromatic rings. The normalized spacial score (nSPS) is 20.2. The number of anilines is 1. The number of halogens is 1. The first-order chi connectivity index (χ1) is 11.8. The molecule has 0 radical (unpaired) electrons. The van der Waals surface area contributed by atoms with Crippen molar-refractivity contribution in [3.63, 3.8) is 0 Å². The number of thioether (sulfide) groups is 1. The number of nitrogens with zero attached hydrogens (tertiary/aromatic N) is 2. The molecule has 0 bridgehead atoms. The Labute approximate surface area is 149 Å². The molecule has 8 heteroatoms. The first-order valence-corrected chi connectivity index (χ1v) is 8.90. The molecular formula is C17H20FN5OS. The molecule has 1 unspecified atom stereocenters. The number of amidine groups is 1. The van der Waals surface area contributed by atoms with Gasteiger partial charge in [0.2, 0.25) is 0 Å². The Morgan fingerprint density at radius 3 is 2.84 bits per heavy atom. The van der Waals surface area contributed by atoms with Gasteiger partial charge in [0.25, 0.3) is 5.91 Å². The fourth-order valence-electron chi connectivity index (χ4n) is 2.98. The van der Waals surface area contributed by atoms with Crippen LogP contribution in [0.15, 0.2) is 23.2 Å². The summed E-state index contributed by atoms with van der Waals surface area (Å²) in [5.41, 5.74) is 7.82. The highest BCUT2D eigenvalue weighted by Gasteiger charge is 2.32. The minimum Gasteiger partial charge on any atom is -0.379 e. The zero-order chi connectivity index (χ0) is 18.2. The largest absolute Gasteiger partial charge is 0.379 e. The van der Waals surface area contributed by atoms with Crippen molar-refractivity contribution in [3.8, 4) is 0 Å². The Balaban J connectivity index is 1.92. The summed E-state index contributed by atoms with van der Waals surface area (Å²) in [4.78, 5) is 16.9. The number of aromatic nitrogens is 2. The van der Waals surface area contributed by atoms with Crippen LogP contribution in [0.3, 0.4) is 0 Å². The van der Waals surface area contributed by atoms with E-state index in [1.54, 1.807) is 19.9 Å². The van der Waals surface area contributed by atoms with E-state index in [1.165, 1.54) is 23.9 Å². The highest BCUT2D eigenvalue weighted by Crippen LogP contribution is 2.37. The van der Waals surface area contributed by atoms with Crippen LogP contribution in [0.25, 0.3) is 0 Å². The number of hydrogen-bond acceptors (Lipinski definition) is 5. The second-order valence-electron chi connectivity index (χ2n) is 6.28. The molecule has 0 aliphatic carbocycles. The molecule has 0 spiro atoms. The minimum absolute atomic E-state index is 0.284. The Morgan fingerprint density at radius 2 is 2.20 bits per heavy atom. The fourth-order valence-corrected chi connectivity index (χ4v) is 3.95. The summed E-state index contributed by atoms with van der Waals surface area (Å²) in [5.74, 6) is 0.128. The van der Waals surface area contributed by atoms with Gasteiger partial charge in [-0.25, -0.2) is 4.39 Å². The summed E-state index contributed by atoms with van der Waals surface area (Å²) in [6.07, 6.45) is 0.673. The highest BCUT2D eigenvalue weighted by molar-refractivity contribution is 8.13. The zero-order valence-electron chi connectivity index (χ0n) is 14.3. The van der Waals surface area contributed by atoms with E-state index < -0.39 is 5.54 Å². The predicted octanol–water partition coefficient (Wildman–Crippen LogP) is 3.08. The number of rotatable bonds is 3. The van der Waals surface area contributed by atoms with E-state index in [0.29, 0.717) is 39.8 Å². The molecule has 4 N–H and O–H groups in total. The molecule has 6 nitrogen and oxygen atoms in total. The van der Waals surface area contributed by atoms with Crippen molar-refractivity contribution < 1.29 is 9.18 Å². The summed E-state index contributed by atoms with van der Waals surface area (Å²) in [5, 5.41) is 10.1. The van der Waals surface area contributed by atoms with E-state index in [2.05, 4.69) is 20.5 Å². The van der Waals surface area contributed by atoms with Crippen molar-refractivity contribution in [1.29, 1.82) is 0 Å². The molecule has 1 aliphatic heterocycles. The van der Waals surface area contributed by atoms with E-state index >= 15 is 0 Å². The van der Waals surface area contributed by atoms with Crippen LogP contribution in [0.1, 0.15) is 40.7 Å². The van der Waals surface area contributed by atoms with Crippen LogP contribution < -0.4 is 11.1 Å². The van der Waals surface area contributed by atoms with Crippen molar-refractivity contribution in [2.24, 2.45) is 10.7 Å². The monoisotopic (exact) mass is 361 g/mol. The molecule has 0 saturated heterocycles. The lowest BCUT2D eigenvalue weighted by molar-refractivity contribution is 0.102. The third-order valence-corrected chi connectivity index (χ3v) is 5.15. The summed E-state index contributed by atoms with van der Waals surface area (Å²) in [7, 11) is 0. The van der Waals surface area contributed by atoms with Gasteiger partial charge in [-0.2, -0.15) is 5.10 Å². The molecule has 0 fully saturated rings. The summed E-state index contributed by atoms with van der Waals surface area (Å²) < 4.78 is 14.4. The Hall–Kier alpha value is -2.35. The Kier molecular flexibility index (Phi) is 4.55. The van der Waals surface area contributed by atoms with Gasteiger partial charge in [-0.3, -0.25) is 14.9 Å². The SMILES string of the molecule is Cc1n[nH]c(C)c1C(=O)Nc1ccc(F)c(C2(C)CCSC(N)=N2)c1. The van der Waals surface area contributed by atoms with E-state index in [1.807, 2.05) is 6.92 Å². The molecule has 1 amide bonds. The van der Waals surface area contributed by atoms with Crippen LogP contribution in [-0.2, 0) is 5.54 Å². The molecule has 25 heavy (non-hydrogen) atoms. The molecular weight excluding hydrogens is 341 g/mol. The number of carbonyl (C=O) groups is 1. The van der Waals surface area contributed by atoms with E-state index in [-0.39, 0.29) is 11.7 Å². The van der Waals surface area contributed by atoms with Gasteiger partial charge < -0.3 is 11.1 Å². The molecule has 1 atom stereocenters. The maximum atomic E-state index is 14.4. The molecule has 0 saturated carbocycles. The van der Waals surface area contributed by atoms with Gasteiger partial charge in [0.15, 0.2) is 5.17 Å². The number of nitrogens with two attached hydrogens (primary N) is 1. The smallest absolute Gasteiger partial charge is 0.259 e. The number of benzene rings is 1. The van der Waals surface area contributed by atoms with Crippen molar-refractivity contribution >= 4 is 28.5 Å². The number of aryl methyl sites for hydroxylation is 2. The summed E-state index contributed by atoms with van der Waals surface area (Å²) in [6, 6.07) is 4.51. The first-order valence-electron chi connectivity index (χ1n) is 7.91. The average Bonchev–Trinajstić information content (AvgIpc) is 2.87. The molecule has 1 aliphatic rings. The van der Waals surface area contributed by atoms with E-state index in [4.69, 9.17) is 5.73 Å². The van der Waals surface area contributed by atoms with Crippen molar-refractivity contribution in [2.75, 3.05) is 11.1 Å². The lowest BCUT2D eigenvalue weighted by atomic mass is 9.89. The third kappa shape index (κ3) is 3.39. The topological polar surface area (TPSA) is 96.2 Å². The Morgan fingerprint density at radius 1 is 1.44 bits per heavy atom. The van der Waals surface area contributed by atoms with Crippen molar-refractivity contribution in [3.05, 3.63) is 46.5 Å². The predicted molar refractivity (Wildman–Crippen MR) is 98.5 cm³/mol. The second kappa shape index (κ2) is 6.51. The maximum Gasteiger partial charge on any atom is 0.259 e. The van der Waals surface area contributed by atoms with Crippen LogP contribution in [0.4, 0.5) is 10.1 Å².